The Labute approximate surface area is 145 Å². The molecular weight excluding hydrogens is 346 g/mol. The maximum atomic E-state index is 12.5. The lowest BCUT2D eigenvalue weighted by atomic mass is 10.2. The van der Waals surface area contributed by atoms with Crippen molar-refractivity contribution < 1.29 is 27.4 Å². The first-order valence-corrected chi connectivity index (χ1v) is 9.38. The van der Waals surface area contributed by atoms with Crippen molar-refractivity contribution in [3.05, 3.63) is 42.0 Å². The molecule has 0 saturated heterocycles. The van der Waals surface area contributed by atoms with Crippen molar-refractivity contribution in [1.29, 1.82) is 0 Å². The van der Waals surface area contributed by atoms with Crippen LogP contribution in [0.4, 0.5) is 0 Å². The molecule has 0 unspecified atom stereocenters. The Morgan fingerprint density at radius 1 is 0.760 bits per heavy atom. The summed E-state index contributed by atoms with van der Waals surface area (Å²) in [6.45, 7) is 2.01. The topological polar surface area (TPSA) is 83.1 Å². The van der Waals surface area contributed by atoms with Crippen LogP contribution in [0.25, 0.3) is 0 Å². The third-order valence-electron chi connectivity index (χ3n) is 3.90. The second kappa shape index (κ2) is 6.45. The molecule has 0 saturated carbocycles. The van der Waals surface area contributed by atoms with Gasteiger partial charge in [0.15, 0.2) is 23.0 Å². The fourth-order valence-electron chi connectivity index (χ4n) is 2.65. The quantitative estimate of drug-likeness (QED) is 0.890. The largest absolute Gasteiger partial charge is 0.486 e. The van der Waals surface area contributed by atoms with Crippen molar-refractivity contribution in [2.24, 2.45) is 0 Å². The van der Waals surface area contributed by atoms with Crippen LogP contribution in [0.3, 0.4) is 0 Å². The Balaban J connectivity index is 1.50. The molecule has 0 radical (unpaired) electrons. The second-order valence-corrected chi connectivity index (χ2v) is 7.37. The summed E-state index contributed by atoms with van der Waals surface area (Å²) >= 11 is 0. The van der Waals surface area contributed by atoms with Crippen LogP contribution in [0.2, 0.25) is 0 Å². The molecule has 25 heavy (non-hydrogen) atoms. The number of rotatable bonds is 4. The van der Waals surface area contributed by atoms with Crippen LogP contribution in [0.5, 0.6) is 23.0 Å². The Hall–Kier alpha value is -2.45. The molecule has 132 valence electrons. The van der Waals surface area contributed by atoms with E-state index >= 15 is 0 Å². The molecule has 0 aliphatic carbocycles. The summed E-state index contributed by atoms with van der Waals surface area (Å²) in [5, 5.41) is 0. The summed E-state index contributed by atoms with van der Waals surface area (Å²) in [6.07, 6.45) is 0. The predicted molar refractivity (Wildman–Crippen MR) is 88.9 cm³/mol. The molecule has 8 heteroatoms. The number of nitrogens with one attached hydrogen (secondary N) is 1. The Bertz CT molecular complexity index is 896. The zero-order valence-corrected chi connectivity index (χ0v) is 14.2. The van der Waals surface area contributed by atoms with Crippen molar-refractivity contribution in [2.75, 3.05) is 26.4 Å². The maximum absolute atomic E-state index is 12.5. The molecule has 0 amide bonds. The van der Waals surface area contributed by atoms with E-state index < -0.39 is 10.0 Å². The van der Waals surface area contributed by atoms with Gasteiger partial charge in [-0.25, -0.2) is 13.1 Å². The number of ether oxygens (including phenoxy) is 4. The highest BCUT2D eigenvalue weighted by molar-refractivity contribution is 7.89. The van der Waals surface area contributed by atoms with Gasteiger partial charge in [0.05, 0.1) is 4.90 Å². The highest BCUT2D eigenvalue weighted by Crippen LogP contribution is 2.33. The lowest BCUT2D eigenvalue weighted by molar-refractivity contribution is 0.171. The van der Waals surface area contributed by atoms with E-state index in [0.29, 0.717) is 49.4 Å². The third kappa shape index (κ3) is 3.35. The smallest absolute Gasteiger partial charge is 0.241 e. The van der Waals surface area contributed by atoms with E-state index in [0.717, 1.165) is 5.56 Å². The first-order chi connectivity index (χ1) is 12.1. The molecule has 7 nitrogen and oxygen atoms in total. The first-order valence-electron chi connectivity index (χ1n) is 7.90. The molecule has 2 aliphatic rings. The van der Waals surface area contributed by atoms with E-state index in [1.54, 1.807) is 24.3 Å². The summed E-state index contributed by atoms with van der Waals surface area (Å²) in [5.74, 6) is 2.29. The van der Waals surface area contributed by atoms with E-state index in [4.69, 9.17) is 18.9 Å². The molecule has 2 heterocycles. The number of benzene rings is 2. The van der Waals surface area contributed by atoms with Crippen LogP contribution in [0.15, 0.2) is 41.3 Å². The summed E-state index contributed by atoms with van der Waals surface area (Å²) in [4.78, 5) is 0.134. The fourth-order valence-corrected chi connectivity index (χ4v) is 3.68. The summed E-state index contributed by atoms with van der Waals surface area (Å²) in [7, 11) is -3.67. The minimum atomic E-state index is -3.67. The zero-order valence-electron chi connectivity index (χ0n) is 13.4. The van der Waals surface area contributed by atoms with E-state index in [1.807, 2.05) is 0 Å². The van der Waals surface area contributed by atoms with Gasteiger partial charge < -0.3 is 18.9 Å². The van der Waals surface area contributed by atoms with Gasteiger partial charge in [-0.15, -0.1) is 0 Å². The second-order valence-electron chi connectivity index (χ2n) is 5.61. The monoisotopic (exact) mass is 363 g/mol. The molecule has 0 bridgehead atoms. The zero-order chi connectivity index (χ0) is 17.3. The van der Waals surface area contributed by atoms with E-state index in [-0.39, 0.29) is 11.4 Å². The van der Waals surface area contributed by atoms with Crippen LogP contribution in [0, 0.1) is 0 Å². The van der Waals surface area contributed by atoms with Crippen molar-refractivity contribution >= 4 is 10.0 Å². The highest BCUT2D eigenvalue weighted by atomic mass is 32.2. The Morgan fingerprint density at radius 2 is 1.32 bits per heavy atom. The standard InChI is InChI=1S/C17H17NO6S/c19-25(20,13-2-4-15-17(10-13)24-8-6-22-15)18-11-12-1-3-14-16(9-12)23-7-5-21-14/h1-4,9-10,18H,5-8,11H2. The van der Waals surface area contributed by atoms with Crippen molar-refractivity contribution in [2.45, 2.75) is 11.4 Å². The maximum Gasteiger partial charge on any atom is 0.241 e. The lowest BCUT2D eigenvalue weighted by Crippen LogP contribution is -2.24. The van der Waals surface area contributed by atoms with Gasteiger partial charge in [0, 0.05) is 12.6 Å². The molecule has 1 N–H and O–H groups in total. The number of sulfonamides is 1. The summed E-state index contributed by atoms with van der Waals surface area (Å²) in [5.41, 5.74) is 0.783. The first kappa shape index (κ1) is 16.0. The SMILES string of the molecule is O=S(=O)(NCc1ccc2c(c1)OCCO2)c1ccc2c(c1)OCCO2. The molecule has 0 spiro atoms. The van der Waals surface area contributed by atoms with Crippen LogP contribution in [-0.4, -0.2) is 34.8 Å². The van der Waals surface area contributed by atoms with Gasteiger partial charge in [-0.3, -0.25) is 0 Å². The van der Waals surface area contributed by atoms with Crippen molar-refractivity contribution in [1.82, 2.24) is 4.72 Å². The van der Waals surface area contributed by atoms with Crippen LogP contribution in [0.1, 0.15) is 5.56 Å². The van der Waals surface area contributed by atoms with Gasteiger partial charge in [-0.05, 0) is 29.8 Å². The highest BCUT2D eigenvalue weighted by Gasteiger charge is 2.19. The van der Waals surface area contributed by atoms with Gasteiger partial charge in [0.2, 0.25) is 10.0 Å². The van der Waals surface area contributed by atoms with Crippen LogP contribution < -0.4 is 23.7 Å². The van der Waals surface area contributed by atoms with Gasteiger partial charge in [-0.1, -0.05) is 6.07 Å². The van der Waals surface area contributed by atoms with Gasteiger partial charge in [-0.2, -0.15) is 0 Å². The average Bonchev–Trinajstić information content (AvgIpc) is 2.66. The third-order valence-corrected chi connectivity index (χ3v) is 5.30. The van der Waals surface area contributed by atoms with Gasteiger partial charge in [0.25, 0.3) is 0 Å². The minimum absolute atomic E-state index is 0.134. The predicted octanol–water partition coefficient (Wildman–Crippen LogP) is 1.71. The number of hydrogen-bond acceptors (Lipinski definition) is 6. The van der Waals surface area contributed by atoms with Crippen LogP contribution >= 0.6 is 0 Å². The van der Waals surface area contributed by atoms with E-state index in [2.05, 4.69) is 4.72 Å². The normalized spacial score (nSPS) is 15.7. The molecule has 0 fully saturated rings. The van der Waals surface area contributed by atoms with Crippen molar-refractivity contribution in [3.63, 3.8) is 0 Å². The Kier molecular flexibility index (Phi) is 4.14. The molecule has 0 aromatic heterocycles. The Morgan fingerprint density at radius 3 is 2.00 bits per heavy atom. The van der Waals surface area contributed by atoms with Gasteiger partial charge >= 0.3 is 0 Å². The molecule has 2 aromatic carbocycles. The summed E-state index contributed by atoms with van der Waals surface area (Å²) in [6, 6.07) is 9.94. The number of hydrogen-bond donors (Lipinski definition) is 1. The molecule has 2 aromatic rings. The summed E-state index contributed by atoms with van der Waals surface area (Å²) < 4.78 is 49.4. The van der Waals surface area contributed by atoms with Crippen LogP contribution in [-0.2, 0) is 16.6 Å². The molecule has 2 aliphatic heterocycles. The van der Waals surface area contributed by atoms with Crippen molar-refractivity contribution in [3.8, 4) is 23.0 Å². The lowest BCUT2D eigenvalue weighted by Gasteiger charge is -2.19. The number of fused-ring (bicyclic) bond motifs is 2. The molecular formula is C17H17NO6S. The molecule has 4 rings (SSSR count). The van der Waals surface area contributed by atoms with E-state index in [1.165, 1.54) is 12.1 Å². The van der Waals surface area contributed by atoms with Gasteiger partial charge in [0.1, 0.15) is 26.4 Å². The molecule has 0 atom stereocenters. The minimum Gasteiger partial charge on any atom is -0.486 e. The van der Waals surface area contributed by atoms with E-state index in [9.17, 15) is 8.42 Å². The average molecular weight is 363 g/mol. The fraction of sp³-hybridized carbons (Fsp3) is 0.294.